The zero-order chi connectivity index (χ0) is 19.3. The first-order valence-electron chi connectivity index (χ1n) is 8.34. The van der Waals surface area contributed by atoms with Gasteiger partial charge in [0.05, 0.1) is 5.02 Å². The summed E-state index contributed by atoms with van der Waals surface area (Å²) >= 11 is 6.00. The molecule has 3 rings (SSSR count). The van der Waals surface area contributed by atoms with E-state index in [4.69, 9.17) is 16.3 Å². The second kappa shape index (κ2) is 8.52. The van der Waals surface area contributed by atoms with Crippen LogP contribution in [0.2, 0.25) is 5.02 Å². The number of hydrogen-bond acceptors (Lipinski definition) is 4. The van der Waals surface area contributed by atoms with Gasteiger partial charge in [-0.3, -0.25) is 4.98 Å². The molecular formula is C20H19ClN2O3S. The lowest BCUT2D eigenvalue weighted by Crippen LogP contribution is -2.27. The number of sulfonamides is 1. The van der Waals surface area contributed by atoms with Crippen LogP contribution in [0.3, 0.4) is 0 Å². The van der Waals surface area contributed by atoms with Gasteiger partial charge in [-0.05, 0) is 42.8 Å². The van der Waals surface area contributed by atoms with E-state index in [1.165, 1.54) is 6.07 Å². The maximum absolute atomic E-state index is 12.5. The molecule has 0 spiro atoms. The number of aromatic nitrogens is 1. The van der Waals surface area contributed by atoms with Crippen LogP contribution >= 0.6 is 11.6 Å². The fourth-order valence-corrected chi connectivity index (χ4v) is 4.28. The first kappa shape index (κ1) is 19.4. The van der Waals surface area contributed by atoms with E-state index < -0.39 is 16.1 Å². The summed E-state index contributed by atoms with van der Waals surface area (Å²) < 4.78 is 33.4. The minimum atomic E-state index is -3.71. The van der Waals surface area contributed by atoms with Crippen LogP contribution in [0.4, 0.5) is 0 Å². The van der Waals surface area contributed by atoms with Crippen molar-refractivity contribution in [1.29, 1.82) is 0 Å². The highest BCUT2D eigenvalue weighted by Crippen LogP contribution is 2.24. The Hall–Kier alpha value is -2.41. The fraction of sp³-hybridized carbons (Fsp3) is 0.150. The van der Waals surface area contributed by atoms with Gasteiger partial charge in [0.15, 0.2) is 0 Å². The number of rotatable bonds is 7. The largest absolute Gasteiger partial charge is 0.489 e. The van der Waals surface area contributed by atoms with Gasteiger partial charge in [0.2, 0.25) is 10.0 Å². The Morgan fingerprint density at radius 3 is 2.48 bits per heavy atom. The van der Waals surface area contributed by atoms with Crippen molar-refractivity contribution in [3.63, 3.8) is 0 Å². The van der Waals surface area contributed by atoms with Crippen molar-refractivity contribution < 1.29 is 13.2 Å². The van der Waals surface area contributed by atoms with Crippen LogP contribution in [0.25, 0.3) is 0 Å². The maximum atomic E-state index is 12.5. The molecule has 5 nitrogen and oxygen atoms in total. The lowest BCUT2D eigenvalue weighted by molar-refractivity contribution is 0.305. The van der Waals surface area contributed by atoms with Gasteiger partial charge in [0, 0.05) is 24.0 Å². The minimum Gasteiger partial charge on any atom is -0.489 e. The highest BCUT2D eigenvalue weighted by atomic mass is 35.5. The molecule has 0 radical (unpaired) electrons. The van der Waals surface area contributed by atoms with Crippen LogP contribution in [0.1, 0.15) is 24.1 Å². The van der Waals surface area contributed by atoms with E-state index in [2.05, 4.69) is 9.71 Å². The van der Waals surface area contributed by atoms with E-state index in [1.54, 1.807) is 37.5 Å². The van der Waals surface area contributed by atoms with E-state index in [1.807, 2.05) is 36.4 Å². The summed E-state index contributed by atoms with van der Waals surface area (Å²) in [5.41, 5.74) is 1.79. The molecule has 0 fully saturated rings. The third-order valence-corrected chi connectivity index (χ3v) is 6.01. The first-order valence-corrected chi connectivity index (χ1v) is 10.2. The number of pyridine rings is 1. The van der Waals surface area contributed by atoms with Crippen molar-refractivity contribution >= 4 is 21.6 Å². The number of nitrogens with one attached hydrogen (secondary N) is 1. The second-order valence-electron chi connectivity index (χ2n) is 5.99. The van der Waals surface area contributed by atoms with Crippen LogP contribution in [-0.2, 0) is 16.6 Å². The quantitative estimate of drug-likeness (QED) is 0.637. The molecule has 140 valence electrons. The van der Waals surface area contributed by atoms with Crippen molar-refractivity contribution in [1.82, 2.24) is 9.71 Å². The topological polar surface area (TPSA) is 68.3 Å². The Morgan fingerprint density at radius 2 is 1.81 bits per heavy atom. The first-order chi connectivity index (χ1) is 13.0. The Balaban J connectivity index is 1.65. The maximum Gasteiger partial charge on any atom is 0.242 e. The number of halogens is 1. The summed E-state index contributed by atoms with van der Waals surface area (Å²) in [4.78, 5) is 4.11. The Morgan fingerprint density at radius 1 is 1.07 bits per heavy atom. The zero-order valence-electron chi connectivity index (χ0n) is 14.7. The smallest absolute Gasteiger partial charge is 0.242 e. The molecule has 2 aromatic carbocycles. The lowest BCUT2D eigenvalue weighted by atomic mass is 10.1. The summed E-state index contributed by atoms with van der Waals surface area (Å²) in [6.45, 7) is 2.20. The SMILES string of the molecule is C[C@@H](NS(=O)(=O)c1ccccc1Cl)c1ccc(OCc2cccnc2)cc1. The molecule has 0 aliphatic carbocycles. The summed E-state index contributed by atoms with van der Waals surface area (Å²) in [6, 6.07) is 17.0. The molecule has 0 bridgehead atoms. The highest BCUT2D eigenvalue weighted by Gasteiger charge is 2.20. The van der Waals surface area contributed by atoms with Gasteiger partial charge in [-0.1, -0.05) is 41.9 Å². The molecule has 7 heteroatoms. The third-order valence-electron chi connectivity index (χ3n) is 3.97. The van der Waals surface area contributed by atoms with Crippen LogP contribution < -0.4 is 9.46 Å². The Kier molecular flexibility index (Phi) is 6.11. The molecule has 0 unspecified atom stereocenters. The van der Waals surface area contributed by atoms with Gasteiger partial charge in [0.1, 0.15) is 17.3 Å². The van der Waals surface area contributed by atoms with Crippen molar-refractivity contribution in [3.8, 4) is 5.75 Å². The Bertz CT molecular complexity index is 993. The monoisotopic (exact) mass is 402 g/mol. The number of benzene rings is 2. The van der Waals surface area contributed by atoms with Crippen LogP contribution in [-0.4, -0.2) is 13.4 Å². The molecule has 0 saturated heterocycles. The van der Waals surface area contributed by atoms with E-state index in [0.717, 1.165) is 11.1 Å². The predicted octanol–water partition coefficient (Wildman–Crippen LogP) is 4.35. The van der Waals surface area contributed by atoms with Gasteiger partial charge >= 0.3 is 0 Å². The normalized spacial score (nSPS) is 12.5. The third kappa shape index (κ3) is 5.07. The standard InChI is InChI=1S/C20H19ClN2O3S/c1-15(23-27(24,25)20-7-3-2-6-19(20)21)17-8-10-18(11-9-17)26-14-16-5-4-12-22-13-16/h2-13,15,23H,14H2,1H3/t15-/m1/s1. The Labute approximate surface area is 164 Å². The average molecular weight is 403 g/mol. The van der Waals surface area contributed by atoms with E-state index in [9.17, 15) is 8.42 Å². The molecule has 0 aliphatic rings. The summed E-state index contributed by atoms with van der Waals surface area (Å²) in [5, 5.41) is 0.191. The summed E-state index contributed by atoms with van der Waals surface area (Å²) in [5.74, 6) is 0.698. The van der Waals surface area contributed by atoms with Crippen molar-refractivity contribution in [2.45, 2.75) is 24.5 Å². The molecule has 0 saturated carbocycles. The van der Waals surface area contributed by atoms with Crippen LogP contribution in [0.15, 0.2) is 78.0 Å². The molecule has 1 N–H and O–H groups in total. The predicted molar refractivity (Wildman–Crippen MR) is 105 cm³/mol. The molecule has 0 amide bonds. The van der Waals surface area contributed by atoms with Crippen molar-refractivity contribution in [2.24, 2.45) is 0 Å². The van der Waals surface area contributed by atoms with Crippen LogP contribution in [0, 0.1) is 0 Å². The van der Waals surface area contributed by atoms with E-state index in [0.29, 0.717) is 12.4 Å². The zero-order valence-corrected chi connectivity index (χ0v) is 16.2. The molecular weight excluding hydrogens is 384 g/mol. The molecule has 3 aromatic rings. The van der Waals surface area contributed by atoms with Gasteiger partial charge < -0.3 is 4.74 Å². The molecule has 1 heterocycles. The number of ether oxygens (including phenoxy) is 1. The average Bonchev–Trinajstić information content (AvgIpc) is 2.67. The van der Waals surface area contributed by atoms with E-state index >= 15 is 0 Å². The van der Waals surface area contributed by atoms with E-state index in [-0.39, 0.29) is 9.92 Å². The lowest BCUT2D eigenvalue weighted by Gasteiger charge is -2.16. The summed E-state index contributed by atoms with van der Waals surface area (Å²) in [7, 11) is -3.71. The highest BCUT2D eigenvalue weighted by molar-refractivity contribution is 7.89. The molecule has 1 atom stereocenters. The molecule has 0 aliphatic heterocycles. The fourth-order valence-electron chi connectivity index (χ4n) is 2.53. The van der Waals surface area contributed by atoms with Crippen molar-refractivity contribution in [3.05, 3.63) is 89.2 Å². The molecule has 27 heavy (non-hydrogen) atoms. The minimum absolute atomic E-state index is 0.0648. The van der Waals surface area contributed by atoms with Gasteiger partial charge in [0.25, 0.3) is 0 Å². The van der Waals surface area contributed by atoms with Gasteiger partial charge in [-0.15, -0.1) is 0 Å². The number of nitrogens with zero attached hydrogens (tertiary/aromatic N) is 1. The second-order valence-corrected chi connectivity index (χ2v) is 8.08. The van der Waals surface area contributed by atoms with Gasteiger partial charge in [-0.25, -0.2) is 13.1 Å². The number of hydrogen-bond donors (Lipinski definition) is 1. The summed E-state index contributed by atoms with van der Waals surface area (Å²) in [6.07, 6.45) is 3.46. The van der Waals surface area contributed by atoms with Crippen molar-refractivity contribution in [2.75, 3.05) is 0 Å². The van der Waals surface area contributed by atoms with Gasteiger partial charge in [-0.2, -0.15) is 0 Å². The van der Waals surface area contributed by atoms with Crippen LogP contribution in [0.5, 0.6) is 5.75 Å². The molecule has 1 aromatic heterocycles.